The monoisotopic (exact) mass is 418 g/mol. The van der Waals surface area contributed by atoms with E-state index in [-0.39, 0.29) is 29.4 Å². The van der Waals surface area contributed by atoms with Crippen LogP contribution in [-0.4, -0.2) is 43.0 Å². The molecule has 8 heteroatoms. The number of halogens is 2. The summed E-state index contributed by atoms with van der Waals surface area (Å²) in [5.74, 6) is 0.337. The summed E-state index contributed by atoms with van der Waals surface area (Å²) in [6.07, 6.45) is 1.56. The highest BCUT2D eigenvalue weighted by molar-refractivity contribution is 6.32. The first kappa shape index (κ1) is 19.5. The number of anilines is 1. The summed E-state index contributed by atoms with van der Waals surface area (Å²) in [6, 6.07) is 9.55. The van der Waals surface area contributed by atoms with E-state index < -0.39 is 5.82 Å². The minimum atomic E-state index is -0.503. The molecule has 0 aliphatic carbocycles. The first-order valence-corrected chi connectivity index (χ1v) is 9.82. The van der Waals surface area contributed by atoms with E-state index in [0.29, 0.717) is 42.4 Å². The first-order valence-electron chi connectivity index (χ1n) is 9.44. The highest BCUT2D eigenvalue weighted by Crippen LogP contribution is 2.30. The zero-order valence-corrected chi connectivity index (χ0v) is 16.4. The van der Waals surface area contributed by atoms with Gasteiger partial charge in [-0.25, -0.2) is 4.39 Å². The second kappa shape index (κ2) is 8.29. The van der Waals surface area contributed by atoms with Crippen molar-refractivity contribution >= 4 is 29.1 Å². The summed E-state index contributed by atoms with van der Waals surface area (Å²) < 4.78 is 24.5. The number of benzene rings is 2. The van der Waals surface area contributed by atoms with Crippen LogP contribution in [0, 0.1) is 11.7 Å². The van der Waals surface area contributed by atoms with Crippen molar-refractivity contribution in [1.29, 1.82) is 0 Å². The molecule has 4 rings (SSSR count). The largest absolute Gasteiger partial charge is 0.492 e. The Balaban J connectivity index is 1.32. The van der Waals surface area contributed by atoms with Crippen LogP contribution in [0.2, 0.25) is 5.02 Å². The molecule has 0 bridgehead atoms. The van der Waals surface area contributed by atoms with Crippen LogP contribution in [0.3, 0.4) is 0 Å². The fraction of sp³-hybridized carbons (Fsp3) is 0.333. The van der Waals surface area contributed by atoms with Crippen molar-refractivity contribution < 1.29 is 23.5 Å². The van der Waals surface area contributed by atoms with Gasteiger partial charge < -0.3 is 19.7 Å². The topological polar surface area (TPSA) is 67.9 Å². The Morgan fingerprint density at radius 3 is 2.86 bits per heavy atom. The standard InChI is InChI=1S/C21H20ClFN2O4/c22-20-15(23)2-1-3-18(20)28-11-13-6-8-25(9-7-13)21(27)14-4-5-17-16(10-14)24-19(26)12-29-17/h1-5,10,13H,6-9,11-12H2,(H,24,26). The zero-order valence-electron chi connectivity index (χ0n) is 15.6. The van der Waals surface area contributed by atoms with Crippen molar-refractivity contribution in [3.05, 3.63) is 52.8 Å². The molecule has 29 heavy (non-hydrogen) atoms. The third-order valence-electron chi connectivity index (χ3n) is 5.15. The number of ether oxygens (including phenoxy) is 2. The molecule has 2 aliphatic heterocycles. The summed E-state index contributed by atoms with van der Waals surface area (Å²) >= 11 is 5.91. The zero-order chi connectivity index (χ0) is 20.4. The number of piperidine rings is 1. The van der Waals surface area contributed by atoms with Crippen LogP contribution >= 0.6 is 11.6 Å². The lowest BCUT2D eigenvalue weighted by molar-refractivity contribution is -0.118. The van der Waals surface area contributed by atoms with Crippen LogP contribution in [0.15, 0.2) is 36.4 Å². The van der Waals surface area contributed by atoms with E-state index in [1.165, 1.54) is 6.07 Å². The molecular weight excluding hydrogens is 399 g/mol. The van der Waals surface area contributed by atoms with Gasteiger partial charge in [0.2, 0.25) is 0 Å². The Labute approximate surface area is 172 Å². The Kier molecular flexibility index (Phi) is 5.58. The Hall–Kier alpha value is -2.80. The number of amides is 2. The van der Waals surface area contributed by atoms with Gasteiger partial charge in [-0.2, -0.15) is 0 Å². The molecule has 0 saturated carbocycles. The maximum Gasteiger partial charge on any atom is 0.262 e. The second-order valence-corrected chi connectivity index (χ2v) is 7.52. The average Bonchev–Trinajstić information content (AvgIpc) is 2.74. The minimum Gasteiger partial charge on any atom is -0.492 e. The maximum absolute atomic E-state index is 13.5. The van der Waals surface area contributed by atoms with Crippen LogP contribution in [-0.2, 0) is 4.79 Å². The van der Waals surface area contributed by atoms with Gasteiger partial charge >= 0.3 is 0 Å². The fourth-order valence-corrected chi connectivity index (χ4v) is 3.69. The first-order chi connectivity index (χ1) is 14.0. The summed E-state index contributed by atoms with van der Waals surface area (Å²) in [6.45, 7) is 1.61. The van der Waals surface area contributed by atoms with Crippen LogP contribution in [0.1, 0.15) is 23.2 Å². The van der Waals surface area contributed by atoms with Gasteiger partial charge in [-0.3, -0.25) is 9.59 Å². The van der Waals surface area contributed by atoms with Crippen molar-refractivity contribution in [3.8, 4) is 11.5 Å². The SMILES string of the molecule is O=C1COc2ccc(C(=O)N3CCC(COc4cccc(F)c4Cl)CC3)cc2N1. The number of nitrogens with one attached hydrogen (secondary N) is 1. The Morgan fingerprint density at radius 2 is 2.07 bits per heavy atom. The van der Waals surface area contributed by atoms with Crippen molar-refractivity contribution in [2.75, 3.05) is 31.6 Å². The lowest BCUT2D eigenvalue weighted by Gasteiger charge is -2.32. The third-order valence-corrected chi connectivity index (χ3v) is 5.52. The Bertz CT molecular complexity index is 944. The third kappa shape index (κ3) is 4.29. The van der Waals surface area contributed by atoms with Gasteiger partial charge in [-0.15, -0.1) is 0 Å². The number of hydrogen-bond donors (Lipinski definition) is 1. The van der Waals surface area contributed by atoms with Gasteiger partial charge in [-0.05, 0) is 49.1 Å². The van der Waals surface area contributed by atoms with Gasteiger partial charge in [0.1, 0.15) is 22.3 Å². The highest BCUT2D eigenvalue weighted by atomic mass is 35.5. The molecule has 0 atom stereocenters. The van der Waals surface area contributed by atoms with E-state index in [1.807, 2.05) is 0 Å². The average molecular weight is 419 g/mol. The van der Waals surface area contributed by atoms with Crippen molar-refractivity contribution in [1.82, 2.24) is 4.90 Å². The van der Waals surface area contributed by atoms with Gasteiger partial charge in [0.05, 0.1) is 12.3 Å². The molecule has 0 unspecified atom stereocenters. The predicted molar refractivity (Wildman–Crippen MR) is 106 cm³/mol. The highest BCUT2D eigenvalue weighted by Gasteiger charge is 2.26. The lowest BCUT2D eigenvalue weighted by atomic mass is 9.97. The molecule has 1 fully saturated rings. The number of carbonyl (C=O) groups excluding carboxylic acids is 2. The molecule has 2 amide bonds. The smallest absolute Gasteiger partial charge is 0.262 e. The molecule has 1 N–H and O–H groups in total. The van der Waals surface area contributed by atoms with Crippen molar-refractivity contribution in [2.24, 2.45) is 5.92 Å². The summed E-state index contributed by atoms with van der Waals surface area (Å²) in [7, 11) is 0. The van der Waals surface area contributed by atoms with E-state index in [9.17, 15) is 14.0 Å². The summed E-state index contributed by atoms with van der Waals surface area (Å²) in [5.41, 5.74) is 1.03. The molecule has 0 radical (unpaired) electrons. The van der Waals surface area contributed by atoms with Crippen molar-refractivity contribution in [3.63, 3.8) is 0 Å². The number of likely N-dealkylation sites (tertiary alicyclic amines) is 1. The molecule has 0 aromatic heterocycles. The lowest BCUT2D eigenvalue weighted by Crippen LogP contribution is -2.39. The minimum absolute atomic E-state index is 0.0106. The molecular formula is C21H20ClFN2O4. The molecule has 1 saturated heterocycles. The van der Waals surface area contributed by atoms with E-state index in [1.54, 1.807) is 35.2 Å². The summed E-state index contributed by atoms with van der Waals surface area (Å²) in [4.78, 5) is 26.1. The Morgan fingerprint density at radius 1 is 1.28 bits per heavy atom. The van der Waals surface area contributed by atoms with Crippen LogP contribution < -0.4 is 14.8 Å². The number of rotatable bonds is 4. The van der Waals surface area contributed by atoms with E-state index in [0.717, 1.165) is 12.8 Å². The second-order valence-electron chi connectivity index (χ2n) is 7.15. The van der Waals surface area contributed by atoms with Crippen LogP contribution in [0.25, 0.3) is 0 Å². The number of carbonyl (C=O) groups is 2. The quantitative estimate of drug-likeness (QED) is 0.821. The molecule has 2 heterocycles. The van der Waals surface area contributed by atoms with Crippen molar-refractivity contribution in [2.45, 2.75) is 12.8 Å². The molecule has 152 valence electrons. The van der Waals surface area contributed by atoms with Gasteiger partial charge in [0.25, 0.3) is 11.8 Å². The number of hydrogen-bond acceptors (Lipinski definition) is 4. The van der Waals surface area contributed by atoms with E-state index >= 15 is 0 Å². The molecule has 2 aromatic rings. The maximum atomic E-state index is 13.5. The fourth-order valence-electron chi connectivity index (χ4n) is 3.50. The number of fused-ring (bicyclic) bond motifs is 1. The molecule has 2 aliphatic rings. The van der Waals surface area contributed by atoms with E-state index in [2.05, 4.69) is 5.32 Å². The predicted octanol–water partition coefficient (Wildman–Crippen LogP) is 3.74. The molecule has 2 aromatic carbocycles. The van der Waals surface area contributed by atoms with Gasteiger partial charge in [0.15, 0.2) is 6.61 Å². The van der Waals surface area contributed by atoms with Crippen LogP contribution in [0.5, 0.6) is 11.5 Å². The van der Waals surface area contributed by atoms with Gasteiger partial charge in [-0.1, -0.05) is 17.7 Å². The van der Waals surface area contributed by atoms with Gasteiger partial charge in [0, 0.05) is 18.7 Å². The van der Waals surface area contributed by atoms with Crippen LogP contribution in [0.4, 0.5) is 10.1 Å². The molecule has 6 nitrogen and oxygen atoms in total. The normalized spacial score (nSPS) is 16.6. The number of nitrogens with zero attached hydrogens (tertiary/aromatic N) is 1. The molecule has 0 spiro atoms. The summed E-state index contributed by atoms with van der Waals surface area (Å²) in [5, 5.41) is 2.71. The van der Waals surface area contributed by atoms with E-state index in [4.69, 9.17) is 21.1 Å².